The molecule has 0 aliphatic rings. The highest BCUT2D eigenvalue weighted by Gasteiger charge is 2.08. The van der Waals surface area contributed by atoms with E-state index < -0.39 is 0 Å². The number of hydrogen-bond donors (Lipinski definition) is 3. The number of nitrogens with one attached hydrogen (secondary N) is 2. The minimum absolute atomic E-state index is 0.159. The van der Waals surface area contributed by atoms with Gasteiger partial charge in [-0.15, -0.1) is 10.2 Å². The third-order valence-corrected chi connectivity index (χ3v) is 2.98. The summed E-state index contributed by atoms with van der Waals surface area (Å²) in [6, 6.07) is 6.94. The number of aliphatic hydroxyl groups is 1. The van der Waals surface area contributed by atoms with Crippen molar-refractivity contribution < 1.29 is 9.90 Å². The summed E-state index contributed by atoms with van der Waals surface area (Å²) in [7, 11) is 0. The number of aliphatic hydroxyl groups excluding tert-OH is 1. The molecule has 2 aromatic rings. The van der Waals surface area contributed by atoms with E-state index in [9.17, 15) is 9.90 Å². The molecule has 106 valence electrons. The van der Waals surface area contributed by atoms with Crippen molar-refractivity contribution in [3.8, 4) is 11.4 Å². The lowest BCUT2D eigenvalue weighted by Gasteiger charge is -2.09. The number of amides is 1. The first-order valence-corrected chi connectivity index (χ1v) is 6.51. The number of carbonyl (C=O) groups is 1. The van der Waals surface area contributed by atoms with Gasteiger partial charge in [-0.25, -0.2) is 0 Å². The first-order valence-electron chi connectivity index (χ1n) is 6.51. The van der Waals surface area contributed by atoms with Gasteiger partial charge >= 0.3 is 0 Å². The van der Waals surface area contributed by atoms with Crippen LogP contribution in [0.25, 0.3) is 11.4 Å². The Kier molecular flexibility index (Phi) is 4.78. The van der Waals surface area contributed by atoms with Crippen molar-refractivity contribution in [2.45, 2.75) is 25.9 Å². The Balaban J connectivity index is 1.91. The SMILES string of the molecule is CCC(O)CCNC(=O)c1ccc(-c2nn[nH]n2)cc1. The van der Waals surface area contributed by atoms with Crippen LogP contribution in [0.2, 0.25) is 0 Å². The zero-order valence-corrected chi connectivity index (χ0v) is 11.2. The predicted molar refractivity (Wildman–Crippen MR) is 72.9 cm³/mol. The van der Waals surface area contributed by atoms with Crippen LogP contribution in [0.1, 0.15) is 30.1 Å². The summed E-state index contributed by atoms with van der Waals surface area (Å²) in [6.07, 6.45) is 0.884. The quantitative estimate of drug-likeness (QED) is 0.722. The molecule has 0 saturated heterocycles. The fourth-order valence-electron chi connectivity index (χ4n) is 1.71. The van der Waals surface area contributed by atoms with Gasteiger partial charge in [0.05, 0.1) is 6.10 Å². The Bertz CT molecular complexity index is 538. The topological polar surface area (TPSA) is 104 Å². The van der Waals surface area contributed by atoms with Crippen LogP contribution in [-0.4, -0.2) is 44.3 Å². The molecule has 1 atom stereocenters. The predicted octanol–water partition coefficient (Wildman–Crippen LogP) is 0.757. The number of aromatic nitrogens is 4. The lowest BCUT2D eigenvalue weighted by molar-refractivity contribution is 0.0942. The summed E-state index contributed by atoms with van der Waals surface area (Å²) in [5, 5.41) is 25.8. The Morgan fingerprint density at radius 3 is 2.75 bits per heavy atom. The van der Waals surface area contributed by atoms with E-state index in [4.69, 9.17) is 0 Å². The van der Waals surface area contributed by atoms with E-state index in [1.165, 1.54) is 0 Å². The van der Waals surface area contributed by atoms with E-state index in [0.717, 1.165) is 5.56 Å². The van der Waals surface area contributed by atoms with Gasteiger partial charge in [-0.1, -0.05) is 19.1 Å². The van der Waals surface area contributed by atoms with Gasteiger partial charge in [-0.3, -0.25) is 4.79 Å². The second kappa shape index (κ2) is 6.76. The molecule has 1 unspecified atom stereocenters. The van der Waals surface area contributed by atoms with E-state index in [1.807, 2.05) is 6.92 Å². The molecule has 0 aliphatic carbocycles. The van der Waals surface area contributed by atoms with Gasteiger partial charge in [-0.2, -0.15) is 5.21 Å². The summed E-state index contributed by atoms with van der Waals surface area (Å²) >= 11 is 0. The molecule has 0 aliphatic heterocycles. The number of nitrogens with zero attached hydrogens (tertiary/aromatic N) is 3. The average molecular weight is 275 g/mol. The van der Waals surface area contributed by atoms with E-state index >= 15 is 0 Å². The van der Waals surface area contributed by atoms with Gasteiger partial charge in [0.15, 0.2) is 0 Å². The molecule has 1 amide bonds. The van der Waals surface area contributed by atoms with Gasteiger partial charge in [0.2, 0.25) is 5.82 Å². The van der Waals surface area contributed by atoms with Crippen molar-refractivity contribution in [3.05, 3.63) is 29.8 Å². The van der Waals surface area contributed by atoms with Crippen LogP contribution in [-0.2, 0) is 0 Å². The Morgan fingerprint density at radius 1 is 1.40 bits per heavy atom. The summed E-state index contributed by atoms with van der Waals surface area (Å²) in [6.45, 7) is 2.36. The van der Waals surface area contributed by atoms with Crippen LogP contribution in [0, 0.1) is 0 Å². The standard InChI is InChI=1S/C13H17N5O2/c1-2-11(19)7-8-14-13(20)10-5-3-9(4-6-10)12-15-17-18-16-12/h3-6,11,19H,2,7-8H2,1H3,(H,14,20)(H,15,16,17,18). The van der Waals surface area contributed by atoms with Crippen molar-refractivity contribution in [1.82, 2.24) is 25.9 Å². The number of carbonyl (C=O) groups excluding carboxylic acids is 1. The van der Waals surface area contributed by atoms with E-state index in [0.29, 0.717) is 30.8 Å². The first kappa shape index (κ1) is 14.1. The maximum Gasteiger partial charge on any atom is 0.251 e. The van der Waals surface area contributed by atoms with Gasteiger partial charge in [0.1, 0.15) is 0 Å². The largest absolute Gasteiger partial charge is 0.393 e. The molecule has 0 fully saturated rings. The first-order chi connectivity index (χ1) is 9.70. The van der Waals surface area contributed by atoms with Crippen LogP contribution in [0.15, 0.2) is 24.3 Å². The monoisotopic (exact) mass is 275 g/mol. The molecule has 3 N–H and O–H groups in total. The third kappa shape index (κ3) is 3.61. The highest BCUT2D eigenvalue weighted by molar-refractivity contribution is 5.94. The molecule has 0 radical (unpaired) electrons. The highest BCUT2D eigenvalue weighted by Crippen LogP contribution is 2.13. The van der Waals surface area contributed by atoms with E-state index in [1.54, 1.807) is 24.3 Å². The molecule has 0 bridgehead atoms. The molecular weight excluding hydrogens is 258 g/mol. The maximum atomic E-state index is 11.9. The Hall–Kier alpha value is -2.28. The van der Waals surface area contributed by atoms with Gasteiger partial charge in [0.25, 0.3) is 5.91 Å². The number of tetrazole rings is 1. The fraction of sp³-hybridized carbons (Fsp3) is 0.385. The molecule has 2 rings (SSSR count). The Morgan fingerprint density at radius 2 is 2.15 bits per heavy atom. The maximum absolute atomic E-state index is 11.9. The third-order valence-electron chi connectivity index (χ3n) is 2.98. The summed E-state index contributed by atoms with van der Waals surface area (Å²) in [5.41, 5.74) is 1.35. The lowest BCUT2D eigenvalue weighted by Crippen LogP contribution is -2.26. The molecular formula is C13H17N5O2. The van der Waals surface area contributed by atoms with E-state index in [-0.39, 0.29) is 12.0 Å². The Labute approximate surface area is 116 Å². The summed E-state index contributed by atoms with van der Waals surface area (Å²) < 4.78 is 0. The van der Waals surface area contributed by atoms with Gasteiger partial charge < -0.3 is 10.4 Å². The normalized spacial score (nSPS) is 12.1. The van der Waals surface area contributed by atoms with Crippen LogP contribution in [0.3, 0.4) is 0 Å². The minimum Gasteiger partial charge on any atom is -0.393 e. The highest BCUT2D eigenvalue weighted by atomic mass is 16.3. The molecule has 1 aromatic heterocycles. The number of benzene rings is 1. The number of rotatable bonds is 6. The van der Waals surface area contributed by atoms with E-state index in [2.05, 4.69) is 25.9 Å². The second-order valence-electron chi connectivity index (χ2n) is 4.42. The van der Waals surface area contributed by atoms with Crippen LogP contribution in [0.5, 0.6) is 0 Å². The molecule has 20 heavy (non-hydrogen) atoms. The number of aromatic amines is 1. The summed E-state index contributed by atoms with van der Waals surface area (Å²) in [4.78, 5) is 11.9. The van der Waals surface area contributed by atoms with Crippen molar-refractivity contribution in [2.24, 2.45) is 0 Å². The van der Waals surface area contributed by atoms with Crippen molar-refractivity contribution >= 4 is 5.91 Å². The molecule has 0 saturated carbocycles. The van der Waals surface area contributed by atoms with Crippen molar-refractivity contribution in [1.29, 1.82) is 0 Å². The number of H-pyrrole nitrogens is 1. The van der Waals surface area contributed by atoms with Gasteiger partial charge in [0, 0.05) is 17.7 Å². The lowest BCUT2D eigenvalue weighted by atomic mass is 10.1. The fourth-order valence-corrected chi connectivity index (χ4v) is 1.71. The zero-order chi connectivity index (χ0) is 14.4. The van der Waals surface area contributed by atoms with Crippen molar-refractivity contribution in [3.63, 3.8) is 0 Å². The molecule has 7 heteroatoms. The minimum atomic E-state index is -0.365. The summed E-state index contributed by atoms with van der Waals surface area (Å²) in [5.74, 6) is 0.330. The zero-order valence-electron chi connectivity index (χ0n) is 11.2. The average Bonchev–Trinajstić information content (AvgIpc) is 3.01. The van der Waals surface area contributed by atoms with Gasteiger partial charge in [-0.05, 0) is 30.2 Å². The molecule has 7 nitrogen and oxygen atoms in total. The second-order valence-corrected chi connectivity index (χ2v) is 4.42. The molecule has 1 aromatic carbocycles. The molecule has 1 heterocycles. The molecule has 0 spiro atoms. The van der Waals surface area contributed by atoms with Crippen LogP contribution in [0.4, 0.5) is 0 Å². The van der Waals surface area contributed by atoms with Crippen LogP contribution < -0.4 is 5.32 Å². The van der Waals surface area contributed by atoms with Crippen molar-refractivity contribution in [2.75, 3.05) is 6.54 Å². The number of hydrogen-bond acceptors (Lipinski definition) is 5. The van der Waals surface area contributed by atoms with Crippen LogP contribution >= 0.6 is 0 Å². The smallest absolute Gasteiger partial charge is 0.251 e.